The van der Waals surface area contributed by atoms with E-state index < -0.39 is 0 Å². The molecule has 1 N–H and O–H groups in total. The largest absolute Gasteiger partial charge is 0.358 e. The highest BCUT2D eigenvalue weighted by Crippen LogP contribution is 2.28. The zero-order chi connectivity index (χ0) is 22.5. The molecule has 1 saturated heterocycles. The molecule has 5 heterocycles. The molecule has 0 atom stereocenters. The number of anilines is 1. The van der Waals surface area contributed by atoms with Crippen molar-refractivity contribution in [1.82, 2.24) is 34.5 Å². The first-order valence-corrected chi connectivity index (χ1v) is 11.6. The third kappa shape index (κ3) is 3.52. The first kappa shape index (κ1) is 20.2. The van der Waals surface area contributed by atoms with Crippen LogP contribution in [0.2, 0.25) is 0 Å². The van der Waals surface area contributed by atoms with Gasteiger partial charge in [-0.05, 0) is 13.0 Å². The number of aromatic amines is 1. The molecule has 0 saturated carbocycles. The van der Waals surface area contributed by atoms with Crippen molar-refractivity contribution in [3.05, 3.63) is 47.5 Å². The lowest BCUT2D eigenvalue weighted by Crippen LogP contribution is -2.50. The van der Waals surface area contributed by atoms with Crippen LogP contribution in [0.1, 0.15) is 17.1 Å². The molecule has 0 unspecified atom stereocenters. The van der Waals surface area contributed by atoms with Crippen LogP contribution in [0, 0.1) is 6.92 Å². The Labute approximate surface area is 192 Å². The summed E-state index contributed by atoms with van der Waals surface area (Å²) in [6, 6.07) is 8.37. The summed E-state index contributed by atoms with van der Waals surface area (Å²) in [5.41, 5.74) is 4.57. The second kappa shape index (κ2) is 7.84. The second-order valence-corrected chi connectivity index (χ2v) is 9.06. The van der Waals surface area contributed by atoms with Crippen molar-refractivity contribution in [1.29, 1.82) is 0 Å². The van der Waals surface area contributed by atoms with E-state index in [9.17, 15) is 4.79 Å². The van der Waals surface area contributed by atoms with Crippen LogP contribution in [-0.4, -0.2) is 79.7 Å². The Morgan fingerprint density at radius 2 is 1.88 bits per heavy atom. The smallest absolute Gasteiger partial charge is 0.237 e. The number of carbonyl (C=O) groups excluding carboxylic acids is 1. The average molecular weight is 445 g/mol. The molecule has 0 aliphatic carbocycles. The molecule has 9 nitrogen and oxygen atoms in total. The zero-order valence-corrected chi connectivity index (χ0v) is 19.1. The topological polar surface area (TPSA) is 86.2 Å². The molecule has 170 valence electrons. The van der Waals surface area contributed by atoms with Gasteiger partial charge in [-0.2, -0.15) is 5.10 Å². The number of nitrogens with one attached hydrogen (secondary N) is 1. The Hall–Kier alpha value is -3.46. The summed E-state index contributed by atoms with van der Waals surface area (Å²) >= 11 is 0. The van der Waals surface area contributed by atoms with Gasteiger partial charge in [0.05, 0.1) is 18.1 Å². The molecular formula is C24H28N8O. The number of fused-ring (bicyclic) bond motifs is 4. The van der Waals surface area contributed by atoms with Gasteiger partial charge in [0.2, 0.25) is 5.91 Å². The second-order valence-electron chi connectivity index (χ2n) is 9.06. The average Bonchev–Trinajstić information content (AvgIpc) is 3.39. The number of hydrogen-bond acceptors (Lipinski definition) is 6. The third-order valence-corrected chi connectivity index (χ3v) is 6.95. The van der Waals surface area contributed by atoms with E-state index in [1.54, 1.807) is 4.68 Å². The Morgan fingerprint density at radius 3 is 2.73 bits per heavy atom. The minimum Gasteiger partial charge on any atom is -0.358 e. The van der Waals surface area contributed by atoms with Crippen molar-refractivity contribution in [2.75, 3.05) is 44.2 Å². The molecule has 2 aliphatic heterocycles. The molecule has 6 rings (SSSR count). The van der Waals surface area contributed by atoms with E-state index in [2.05, 4.69) is 49.1 Å². The number of aromatic nitrogens is 5. The number of nitrogens with zero attached hydrogens (tertiary/aromatic N) is 7. The van der Waals surface area contributed by atoms with E-state index >= 15 is 0 Å². The summed E-state index contributed by atoms with van der Waals surface area (Å²) in [7, 11) is 1.90. The maximum Gasteiger partial charge on any atom is 0.237 e. The van der Waals surface area contributed by atoms with Gasteiger partial charge in [0.1, 0.15) is 11.6 Å². The van der Waals surface area contributed by atoms with Crippen LogP contribution in [0.3, 0.4) is 0 Å². The number of H-pyrrole nitrogens is 1. The normalized spacial score (nSPS) is 17.2. The minimum absolute atomic E-state index is 0.215. The Bertz CT molecular complexity index is 1350. The molecule has 0 radical (unpaired) electrons. The summed E-state index contributed by atoms with van der Waals surface area (Å²) in [5.74, 6) is 1.91. The number of carbonyl (C=O) groups is 1. The molecule has 2 aliphatic rings. The number of benzene rings is 1. The highest BCUT2D eigenvalue weighted by atomic mass is 16.2. The van der Waals surface area contributed by atoms with Crippen molar-refractivity contribution in [2.24, 2.45) is 7.05 Å². The van der Waals surface area contributed by atoms with Crippen LogP contribution in [0.15, 0.2) is 30.5 Å². The van der Waals surface area contributed by atoms with Gasteiger partial charge in [0.15, 0.2) is 5.65 Å². The van der Waals surface area contributed by atoms with Gasteiger partial charge in [-0.15, -0.1) is 0 Å². The van der Waals surface area contributed by atoms with Gasteiger partial charge in [-0.25, -0.2) is 9.97 Å². The van der Waals surface area contributed by atoms with Crippen molar-refractivity contribution in [3.8, 4) is 0 Å². The lowest BCUT2D eigenvalue weighted by atomic mass is 10.0. The van der Waals surface area contributed by atoms with Gasteiger partial charge in [0, 0.05) is 74.9 Å². The molecule has 1 amide bonds. The zero-order valence-electron chi connectivity index (χ0n) is 19.1. The fourth-order valence-electron chi connectivity index (χ4n) is 5.14. The molecule has 9 heteroatoms. The van der Waals surface area contributed by atoms with Crippen LogP contribution >= 0.6 is 0 Å². The minimum atomic E-state index is 0.215. The number of rotatable bonds is 3. The molecule has 3 aromatic heterocycles. The third-order valence-electron chi connectivity index (χ3n) is 6.95. The maximum atomic E-state index is 13.1. The Morgan fingerprint density at radius 1 is 1.06 bits per heavy atom. The van der Waals surface area contributed by atoms with Crippen LogP contribution in [0.4, 0.5) is 5.82 Å². The number of aryl methyl sites for hydroxylation is 2. The van der Waals surface area contributed by atoms with Crippen LogP contribution < -0.4 is 4.90 Å². The highest BCUT2D eigenvalue weighted by molar-refractivity contribution is 5.87. The molecular weight excluding hydrogens is 416 g/mol. The number of amides is 1. The molecule has 1 fully saturated rings. The Kier molecular flexibility index (Phi) is 4.79. The predicted octanol–water partition coefficient (Wildman–Crippen LogP) is 1.86. The Balaban J connectivity index is 1.11. The van der Waals surface area contributed by atoms with Crippen molar-refractivity contribution < 1.29 is 4.79 Å². The van der Waals surface area contributed by atoms with Gasteiger partial charge in [0.25, 0.3) is 0 Å². The van der Waals surface area contributed by atoms with E-state index in [-0.39, 0.29) is 5.91 Å². The molecule has 33 heavy (non-hydrogen) atoms. The predicted molar refractivity (Wildman–Crippen MR) is 127 cm³/mol. The molecule has 4 aromatic rings. The summed E-state index contributed by atoms with van der Waals surface area (Å²) < 4.78 is 1.79. The summed E-state index contributed by atoms with van der Waals surface area (Å²) in [6.07, 6.45) is 2.73. The lowest BCUT2D eigenvalue weighted by Gasteiger charge is -2.36. The summed E-state index contributed by atoms with van der Waals surface area (Å²) in [6.45, 7) is 7.19. The van der Waals surface area contributed by atoms with Gasteiger partial charge < -0.3 is 14.8 Å². The molecule has 0 bridgehead atoms. The SMILES string of the molecule is Cc1nc(N2CCN(CC(=O)N3CCc4[nH]c5ccccc5c4C3)CC2)c2cnn(C)c2n1. The number of piperazine rings is 1. The van der Waals surface area contributed by atoms with Crippen LogP contribution in [0.25, 0.3) is 21.9 Å². The van der Waals surface area contributed by atoms with E-state index in [1.165, 1.54) is 16.6 Å². The lowest BCUT2D eigenvalue weighted by molar-refractivity contribution is -0.133. The van der Waals surface area contributed by atoms with Crippen LogP contribution in [-0.2, 0) is 24.8 Å². The summed E-state index contributed by atoms with van der Waals surface area (Å²) in [4.78, 5) is 32.5. The van der Waals surface area contributed by atoms with Gasteiger partial charge >= 0.3 is 0 Å². The first-order chi connectivity index (χ1) is 16.1. The fraction of sp³-hybridized carbons (Fsp3) is 0.417. The van der Waals surface area contributed by atoms with E-state index in [1.807, 2.05) is 25.1 Å². The van der Waals surface area contributed by atoms with Gasteiger partial charge in [-0.1, -0.05) is 18.2 Å². The first-order valence-electron chi connectivity index (χ1n) is 11.6. The number of para-hydroxylation sites is 1. The van der Waals surface area contributed by atoms with E-state index in [4.69, 9.17) is 4.98 Å². The molecule has 0 spiro atoms. The van der Waals surface area contributed by atoms with Crippen LogP contribution in [0.5, 0.6) is 0 Å². The number of hydrogen-bond donors (Lipinski definition) is 1. The molecule has 1 aromatic carbocycles. The van der Waals surface area contributed by atoms with Crippen molar-refractivity contribution in [3.63, 3.8) is 0 Å². The quantitative estimate of drug-likeness (QED) is 0.519. The fourth-order valence-corrected chi connectivity index (χ4v) is 5.14. The maximum absolute atomic E-state index is 13.1. The van der Waals surface area contributed by atoms with Crippen molar-refractivity contribution in [2.45, 2.75) is 19.9 Å². The van der Waals surface area contributed by atoms with E-state index in [0.29, 0.717) is 13.1 Å². The monoisotopic (exact) mass is 444 g/mol. The van der Waals surface area contributed by atoms with Crippen molar-refractivity contribution >= 4 is 33.7 Å². The highest BCUT2D eigenvalue weighted by Gasteiger charge is 2.27. The van der Waals surface area contributed by atoms with Gasteiger partial charge in [-0.3, -0.25) is 14.4 Å². The summed E-state index contributed by atoms with van der Waals surface area (Å²) in [5, 5.41) is 6.57. The standard InChI is InChI=1S/C24H28N8O/c1-16-26-23-18(13-25-29(23)2)24(27-16)31-11-9-30(10-12-31)15-22(33)32-8-7-21-19(14-32)17-5-3-4-6-20(17)28-21/h3-6,13,28H,7-12,14-15H2,1-2H3. The van der Waals surface area contributed by atoms with E-state index in [0.717, 1.165) is 67.3 Å².